The van der Waals surface area contributed by atoms with Crippen LogP contribution in [0.15, 0.2) is 29.2 Å². The number of hydrogen-bond acceptors (Lipinski definition) is 4. The van der Waals surface area contributed by atoms with Crippen LogP contribution in [0, 0.1) is 0 Å². The van der Waals surface area contributed by atoms with Crippen LogP contribution in [-0.2, 0) is 26.0 Å². The fourth-order valence-corrected chi connectivity index (χ4v) is 3.01. The van der Waals surface area contributed by atoms with Crippen LogP contribution in [0.1, 0.15) is 25.3 Å². The van der Waals surface area contributed by atoms with Crippen LogP contribution in [0.25, 0.3) is 0 Å². The average Bonchev–Trinajstić information content (AvgIpc) is 2.35. The minimum atomic E-state index is -3.73. The highest BCUT2D eigenvalue weighted by Gasteiger charge is 2.18. The van der Waals surface area contributed by atoms with Crippen LogP contribution >= 0.6 is 0 Å². The van der Waals surface area contributed by atoms with E-state index in [1.165, 1.54) is 12.1 Å². The summed E-state index contributed by atoms with van der Waals surface area (Å²) in [5.41, 5.74) is 5.74. The quantitative estimate of drug-likeness (QED) is 0.634. The molecule has 0 radical (unpaired) electrons. The number of carboxylic acids is 1. The summed E-state index contributed by atoms with van der Waals surface area (Å²) in [7, 11) is -3.73. The number of benzene rings is 1. The molecule has 1 unspecified atom stereocenters. The Bertz CT molecular complexity index is 610. The Labute approximate surface area is 123 Å². The van der Waals surface area contributed by atoms with E-state index in [2.05, 4.69) is 4.72 Å². The Morgan fingerprint density at radius 3 is 2.33 bits per heavy atom. The van der Waals surface area contributed by atoms with Gasteiger partial charge in [0.1, 0.15) is 0 Å². The predicted octanol–water partition coefficient (Wildman–Crippen LogP) is 0.246. The third-order valence-electron chi connectivity index (χ3n) is 2.72. The van der Waals surface area contributed by atoms with Gasteiger partial charge >= 0.3 is 5.97 Å². The molecule has 116 valence electrons. The molecule has 4 N–H and O–H groups in total. The van der Waals surface area contributed by atoms with E-state index in [1.54, 1.807) is 19.1 Å². The Balaban J connectivity index is 2.75. The summed E-state index contributed by atoms with van der Waals surface area (Å²) in [4.78, 5) is 21.3. The molecular formula is C13H18N2O5S. The fraction of sp³-hybridized carbons (Fsp3) is 0.385. The van der Waals surface area contributed by atoms with Crippen molar-refractivity contribution in [2.75, 3.05) is 0 Å². The lowest BCUT2D eigenvalue weighted by molar-refractivity contribution is -0.137. The van der Waals surface area contributed by atoms with Crippen molar-refractivity contribution < 1.29 is 23.1 Å². The molecule has 7 nitrogen and oxygen atoms in total. The summed E-state index contributed by atoms with van der Waals surface area (Å²) in [6.45, 7) is 1.55. The minimum Gasteiger partial charge on any atom is -0.481 e. The maximum absolute atomic E-state index is 12.0. The fourth-order valence-electron chi connectivity index (χ4n) is 1.76. The minimum absolute atomic E-state index is 0.0139. The van der Waals surface area contributed by atoms with Crippen molar-refractivity contribution in [2.24, 2.45) is 5.73 Å². The highest BCUT2D eigenvalue weighted by molar-refractivity contribution is 7.89. The first-order chi connectivity index (χ1) is 9.70. The van der Waals surface area contributed by atoms with Gasteiger partial charge in [0.05, 0.1) is 4.90 Å². The van der Waals surface area contributed by atoms with Gasteiger partial charge in [-0.15, -0.1) is 0 Å². The van der Waals surface area contributed by atoms with Gasteiger partial charge in [-0.1, -0.05) is 12.1 Å². The molecule has 0 saturated heterocycles. The number of hydrogen-bond donors (Lipinski definition) is 3. The Hall–Kier alpha value is -1.93. The monoisotopic (exact) mass is 314 g/mol. The molecule has 0 aliphatic rings. The first kappa shape index (κ1) is 17.1. The largest absolute Gasteiger partial charge is 0.481 e. The second-order valence-corrected chi connectivity index (χ2v) is 6.44. The Kier molecular flexibility index (Phi) is 5.86. The first-order valence-electron chi connectivity index (χ1n) is 6.32. The van der Waals surface area contributed by atoms with Gasteiger partial charge in [-0.3, -0.25) is 9.59 Å². The van der Waals surface area contributed by atoms with Crippen molar-refractivity contribution >= 4 is 21.9 Å². The average molecular weight is 314 g/mol. The van der Waals surface area contributed by atoms with E-state index in [1.807, 2.05) is 0 Å². The molecule has 1 amide bonds. The summed E-state index contributed by atoms with van der Waals surface area (Å²) in [5, 5.41) is 8.59. The topological polar surface area (TPSA) is 127 Å². The third kappa shape index (κ3) is 5.92. The first-order valence-corrected chi connectivity index (χ1v) is 7.80. The lowest BCUT2D eigenvalue weighted by Crippen LogP contribution is -2.35. The van der Waals surface area contributed by atoms with Crippen molar-refractivity contribution in [3.8, 4) is 0 Å². The van der Waals surface area contributed by atoms with E-state index in [0.29, 0.717) is 6.42 Å². The molecule has 0 aromatic heterocycles. The van der Waals surface area contributed by atoms with E-state index in [-0.39, 0.29) is 17.7 Å². The van der Waals surface area contributed by atoms with Gasteiger partial charge in [0.15, 0.2) is 0 Å². The van der Waals surface area contributed by atoms with Crippen molar-refractivity contribution in [3.63, 3.8) is 0 Å². The molecule has 0 fully saturated rings. The number of carbonyl (C=O) groups excluding carboxylic acids is 1. The number of sulfonamides is 1. The zero-order valence-electron chi connectivity index (χ0n) is 11.6. The molecule has 0 aliphatic carbocycles. The molecule has 8 heteroatoms. The number of amides is 1. The molecule has 0 aliphatic heterocycles. The van der Waals surface area contributed by atoms with Crippen molar-refractivity contribution in [1.29, 1.82) is 0 Å². The van der Waals surface area contributed by atoms with Gasteiger partial charge in [-0.2, -0.15) is 0 Å². The van der Waals surface area contributed by atoms with Gasteiger partial charge in [0.2, 0.25) is 15.9 Å². The van der Waals surface area contributed by atoms with Gasteiger partial charge in [-0.05, 0) is 31.0 Å². The molecular weight excluding hydrogens is 296 g/mol. The second kappa shape index (κ2) is 7.19. The van der Waals surface area contributed by atoms with E-state index >= 15 is 0 Å². The van der Waals surface area contributed by atoms with E-state index in [9.17, 15) is 18.0 Å². The van der Waals surface area contributed by atoms with Crippen molar-refractivity contribution in [2.45, 2.75) is 37.1 Å². The lowest BCUT2D eigenvalue weighted by atomic mass is 10.1. The molecule has 21 heavy (non-hydrogen) atoms. The number of carbonyl (C=O) groups is 2. The smallest absolute Gasteiger partial charge is 0.303 e. The SMILES string of the molecule is CC(CC(N)=O)NS(=O)(=O)c1ccc(CCC(=O)O)cc1. The predicted molar refractivity (Wildman–Crippen MR) is 76.0 cm³/mol. The van der Waals surface area contributed by atoms with Crippen LogP contribution in [0.5, 0.6) is 0 Å². The van der Waals surface area contributed by atoms with Crippen LogP contribution in [0.2, 0.25) is 0 Å². The Morgan fingerprint density at radius 2 is 1.86 bits per heavy atom. The maximum Gasteiger partial charge on any atom is 0.303 e. The molecule has 0 bridgehead atoms. The highest BCUT2D eigenvalue weighted by Crippen LogP contribution is 2.12. The third-order valence-corrected chi connectivity index (χ3v) is 4.33. The van der Waals surface area contributed by atoms with Gasteiger partial charge < -0.3 is 10.8 Å². The number of aryl methyl sites for hydroxylation is 1. The molecule has 0 spiro atoms. The summed E-state index contributed by atoms with van der Waals surface area (Å²) in [6, 6.07) is 5.33. The Morgan fingerprint density at radius 1 is 1.29 bits per heavy atom. The summed E-state index contributed by atoms with van der Waals surface area (Å²) in [6.07, 6.45) is 0.233. The van der Waals surface area contributed by atoms with Crippen LogP contribution in [0.4, 0.5) is 0 Å². The van der Waals surface area contributed by atoms with Crippen LogP contribution in [0.3, 0.4) is 0 Å². The number of aliphatic carboxylic acids is 1. The summed E-state index contributed by atoms with van der Waals surface area (Å²) >= 11 is 0. The number of nitrogens with two attached hydrogens (primary N) is 1. The normalized spacial score (nSPS) is 12.8. The lowest BCUT2D eigenvalue weighted by Gasteiger charge is -2.12. The zero-order valence-corrected chi connectivity index (χ0v) is 12.4. The summed E-state index contributed by atoms with van der Waals surface area (Å²) < 4.78 is 26.4. The van der Waals surface area contributed by atoms with Gasteiger partial charge in [0, 0.05) is 18.9 Å². The van der Waals surface area contributed by atoms with E-state index in [4.69, 9.17) is 10.8 Å². The molecule has 0 saturated carbocycles. The van der Waals surface area contributed by atoms with Crippen molar-refractivity contribution in [1.82, 2.24) is 4.72 Å². The van der Waals surface area contributed by atoms with Crippen LogP contribution < -0.4 is 10.5 Å². The standard InChI is InChI=1S/C13H18N2O5S/c1-9(8-12(14)16)15-21(19,20)11-5-2-10(3-6-11)4-7-13(17)18/h2-3,5-6,9,15H,4,7-8H2,1H3,(H2,14,16)(H,17,18). The van der Waals surface area contributed by atoms with Crippen LogP contribution in [-0.4, -0.2) is 31.4 Å². The van der Waals surface area contributed by atoms with Gasteiger partial charge in [0.25, 0.3) is 0 Å². The zero-order chi connectivity index (χ0) is 16.0. The molecule has 1 aromatic rings. The number of carboxylic acid groups (broad SMARTS) is 1. The highest BCUT2D eigenvalue weighted by atomic mass is 32.2. The number of nitrogens with one attached hydrogen (secondary N) is 1. The van der Waals surface area contributed by atoms with Crippen molar-refractivity contribution in [3.05, 3.63) is 29.8 Å². The molecule has 1 aromatic carbocycles. The van der Waals surface area contributed by atoms with Gasteiger partial charge in [-0.25, -0.2) is 13.1 Å². The number of rotatable bonds is 8. The number of primary amides is 1. The molecule has 1 rings (SSSR count). The molecule has 0 heterocycles. The van der Waals surface area contributed by atoms with E-state index < -0.39 is 27.9 Å². The maximum atomic E-state index is 12.0. The van der Waals surface area contributed by atoms with E-state index in [0.717, 1.165) is 5.56 Å². The molecule has 1 atom stereocenters. The second-order valence-electron chi connectivity index (χ2n) is 4.73. The summed E-state index contributed by atoms with van der Waals surface area (Å²) in [5.74, 6) is -1.50.